The van der Waals surface area contributed by atoms with Crippen LogP contribution in [0.2, 0.25) is 0 Å². The molecule has 3 N–H and O–H groups in total. The maximum atomic E-state index is 12.0. The van der Waals surface area contributed by atoms with Gasteiger partial charge in [0, 0.05) is 25.8 Å². The van der Waals surface area contributed by atoms with Crippen LogP contribution in [-0.2, 0) is 33.4 Å². The van der Waals surface area contributed by atoms with Crippen molar-refractivity contribution in [1.82, 2.24) is 5.32 Å². The zero-order valence-corrected chi connectivity index (χ0v) is 17.6. The summed E-state index contributed by atoms with van der Waals surface area (Å²) in [7, 11) is -3.95. The largest absolute Gasteiger partial charge is 0.479 e. The molecule has 10 nitrogen and oxygen atoms in total. The van der Waals surface area contributed by atoms with Gasteiger partial charge in [0.2, 0.25) is 5.91 Å². The van der Waals surface area contributed by atoms with Crippen molar-refractivity contribution >= 4 is 28.0 Å². The number of hydrogen-bond donors (Lipinski definition) is 3. The molecular weight excluding hydrogens is 394 g/mol. The number of carbonyl (C=O) groups excluding carboxylic acids is 2. The molecule has 0 spiro atoms. The van der Waals surface area contributed by atoms with E-state index in [1.165, 1.54) is 27.7 Å². The summed E-state index contributed by atoms with van der Waals surface area (Å²) in [5, 5.41) is 22.6. The van der Waals surface area contributed by atoms with E-state index in [-0.39, 0.29) is 44.1 Å². The molecule has 0 rings (SSSR count). The number of esters is 1. The van der Waals surface area contributed by atoms with E-state index < -0.39 is 39.7 Å². The zero-order chi connectivity index (χ0) is 22.0. The number of aliphatic carboxylic acids is 1. The van der Waals surface area contributed by atoms with Gasteiger partial charge >= 0.3 is 11.9 Å². The molecule has 0 fully saturated rings. The van der Waals surface area contributed by atoms with Crippen LogP contribution in [0.3, 0.4) is 0 Å². The van der Waals surface area contributed by atoms with Crippen LogP contribution in [0.25, 0.3) is 0 Å². The number of hydrogen-bond acceptors (Lipinski definition) is 8. The molecule has 0 aromatic rings. The van der Waals surface area contributed by atoms with E-state index in [1.54, 1.807) is 0 Å². The summed E-state index contributed by atoms with van der Waals surface area (Å²) in [4.78, 5) is 33.1. The fourth-order valence-electron chi connectivity index (χ4n) is 2.36. The van der Waals surface area contributed by atoms with E-state index in [0.29, 0.717) is 6.42 Å². The van der Waals surface area contributed by atoms with Gasteiger partial charge < -0.3 is 20.3 Å². The van der Waals surface area contributed by atoms with Gasteiger partial charge in [0.1, 0.15) is 0 Å². The van der Waals surface area contributed by atoms with Crippen LogP contribution in [0.15, 0.2) is 0 Å². The molecule has 11 heteroatoms. The molecule has 0 aliphatic rings. The first-order valence-electron chi connectivity index (χ1n) is 8.94. The van der Waals surface area contributed by atoms with Crippen LogP contribution in [0.1, 0.15) is 53.4 Å². The summed E-state index contributed by atoms with van der Waals surface area (Å²) >= 11 is 0. The van der Waals surface area contributed by atoms with Gasteiger partial charge in [-0.15, -0.1) is 0 Å². The second kappa shape index (κ2) is 11.3. The summed E-state index contributed by atoms with van der Waals surface area (Å²) in [6.07, 6.45) is 0.584. The minimum absolute atomic E-state index is 0.102. The Labute approximate surface area is 165 Å². The highest BCUT2D eigenvalue weighted by atomic mass is 32.2. The number of aliphatic hydroxyl groups is 1. The smallest absolute Gasteiger partial charge is 0.336 e. The lowest BCUT2D eigenvalue weighted by Crippen LogP contribution is -2.53. The Morgan fingerprint density at radius 3 is 2.18 bits per heavy atom. The Morgan fingerprint density at radius 2 is 1.68 bits per heavy atom. The molecule has 1 amide bonds. The molecule has 164 valence electrons. The normalized spacial score (nSPS) is 14.2. The number of nitrogens with one attached hydrogen (secondary N) is 1. The van der Waals surface area contributed by atoms with Crippen molar-refractivity contribution in [3.05, 3.63) is 0 Å². The molecule has 0 heterocycles. The van der Waals surface area contributed by atoms with E-state index in [1.807, 2.05) is 0 Å². The summed E-state index contributed by atoms with van der Waals surface area (Å²) < 4.78 is 33.6. The first-order chi connectivity index (χ1) is 12.7. The lowest BCUT2D eigenvalue weighted by Gasteiger charge is -2.38. The molecule has 0 aliphatic carbocycles. The second-order valence-electron chi connectivity index (χ2n) is 7.21. The van der Waals surface area contributed by atoms with Crippen molar-refractivity contribution in [3.8, 4) is 0 Å². The van der Waals surface area contributed by atoms with Crippen molar-refractivity contribution in [3.63, 3.8) is 0 Å². The van der Waals surface area contributed by atoms with Crippen LogP contribution in [0, 0.1) is 5.41 Å². The number of rotatable bonds is 14. The highest BCUT2D eigenvalue weighted by molar-refractivity contribution is 7.86. The van der Waals surface area contributed by atoms with Crippen molar-refractivity contribution in [2.75, 3.05) is 25.5 Å². The highest BCUT2D eigenvalue weighted by Crippen LogP contribution is 2.36. The van der Waals surface area contributed by atoms with E-state index in [0.717, 1.165) is 0 Å². The molecule has 0 aromatic carbocycles. The van der Waals surface area contributed by atoms with Gasteiger partial charge in [0.15, 0.2) is 5.60 Å². The summed E-state index contributed by atoms with van der Waals surface area (Å²) in [5.74, 6) is -2.57. The molecular formula is C17H31NO9S. The number of ether oxygens (including phenoxy) is 1. The summed E-state index contributed by atoms with van der Waals surface area (Å²) in [6.45, 7) is 5.12. The minimum atomic E-state index is -3.95. The molecule has 28 heavy (non-hydrogen) atoms. The number of unbranched alkanes of at least 4 members (excludes halogenated alkanes) is 1. The third-order valence-corrected chi connectivity index (χ3v) is 5.52. The average Bonchev–Trinajstić information content (AvgIpc) is 2.56. The first-order valence-corrected chi connectivity index (χ1v) is 10.5. The Hall–Kier alpha value is -1.72. The SMILES string of the molecule is CC(=O)NCCCS(=O)(=O)OCC(C)(C)[C@](O)(CCCCOC(C)=O)C(=O)O. The molecule has 0 aliphatic heterocycles. The predicted molar refractivity (Wildman–Crippen MR) is 99.9 cm³/mol. The number of amides is 1. The van der Waals surface area contributed by atoms with E-state index in [4.69, 9.17) is 8.92 Å². The van der Waals surface area contributed by atoms with E-state index in [2.05, 4.69) is 5.32 Å². The van der Waals surface area contributed by atoms with Crippen LogP contribution in [-0.4, -0.2) is 67.6 Å². The molecule has 0 saturated heterocycles. The Bertz CT molecular complexity index is 645. The minimum Gasteiger partial charge on any atom is -0.479 e. The predicted octanol–water partition coefficient (Wildman–Crippen LogP) is 0.434. The Balaban J connectivity index is 4.77. The molecule has 0 aromatic heterocycles. The van der Waals surface area contributed by atoms with Gasteiger partial charge in [-0.25, -0.2) is 4.79 Å². The first kappa shape index (κ1) is 26.3. The van der Waals surface area contributed by atoms with Crippen LogP contribution >= 0.6 is 0 Å². The number of carboxylic acid groups (broad SMARTS) is 1. The number of carbonyl (C=O) groups is 3. The maximum absolute atomic E-state index is 12.0. The van der Waals surface area contributed by atoms with Gasteiger partial charge in [-0.1, -0.05) is 13.8 Å². The van der Waals surface area contributed by atoms with Gasteiger partial charge in [0.25, 0.3) is 10.1 Å². The van der Waals surface area contributed by atoms with Crippen molar-refractivity contribution in [1.29, 1.82) is 0 Å². The van der Waals surface area contributed by atoms with Gasteiger partial charge in [-0.2, -0.15) is 8.42 Å². The van der Waals surface area contributed by atoms with Gasteiger partial charge in [0.05, 0.1) is 19.0 Å². The standard InChI is InChI=1S/C17H31NO9S/c1-13(19)18-9-7-11-28(24,25)27-12-16(3,4)17(23,15(21)22)8-5-6-10-26-14(2)20/h23H,5-12H2,1-4H3,(H,18,19)(H,21,22)/t17-/m0/s1. The molecule has 0 unspecified atom stereocenters. The topological polar surface area (TPSA) is 156 Å². The lowest BCUT2D eigenvalue weighted by atomic mass is 9.72. The quantitative estimate of drug-likeness (QED) is 0.204. The second-order valence-corrected chi connectivity index (χ2v) is 8.97. The molecule has 0 saturated carbocycles. The fraction of sp³-hybridized carbons (Fsp3) is 0.824. The Kier molecular flexibility index (Phi) is 10.6. The van der Waals surface area contributed by atoms with Crippen LogP contribution in [0.4, 0.5) is 0 Å². The van der Waals surface area contributed by atoms with Gasteiger partial charge in [-0.05, 0) is 25.7 Å². The summed E-state index contributed by atoms with van der Waals surface area (Å²) in [6, 6.07) is 0. The molecule has 1 atom stereocenters. The molecule has 0 bridgehead atoms. The van der Waals surface area contributed by atoms with Crippen molar-refractivity contribution in [2.24, 2.45) is 5.41 Å². The van der Waals surface area contributed by atoms with Crippen LogP contribution in [0.5, 0.6) is 0 Å². The van der Waals surface area contributed by atoms with Crippen molar-refractivity contribution in [2.45, 2.75) is 59.0 Å². The fourth-order valence-corrected chi connectivity index (χ4v) is 3.45. The van der Waals surface area contributed by atoms with E-state index >= 15 is 0 Å². The third kappa shape index (κ3) is 9.47. The molecule has 0 radical (unpaired) electrons. The average molecular weight is 426 g/mol. The van der Waals surface area contributed by atoms with E-state index in [9.17, 15) is 33.0 Å². The zero-order valence-electron chi connectivity index (χ0n) is 16.8. The monoisotopic (exact) mass is 425 g/mol. The summed E-state index contributed by atoms with van der Waals surface area (Å²) in [5.41, 5.74) is -3.64. The highest BCUT2D eigenvalue weighted by Gasteiger charge is 2.50. The lowest BCUT2D eigenvalue weighted by molar-refractivity contribution is -0.177. The maximum Gasteiger partial charge on any atom is 0.336 e. The Morgan fingerprint density at radius 1 is 1.07 bits per heavy atom. The third-order valence-electron chi connectivity index (χ3n) is 4.26. The van der Waals surface area contributed by atoms with Gasteiger partial charge in [-0.3, -0.25) is 13.8 Å². The number of carboxylic acids is 1. The van der Waals surface area contributed by atoms with Crippen LogP contribution < -0.4 is 5.32 Å². The van der Waals surface area contributed by atoms with Crippen molar-refractivity contribution < 1.29 is 41.9 Å².